The van der Waals surface area contributed by atoms with Gasteiger partial charge in [0, 0.05) is 12.6 Å². The van der Waals surface area contributed by atoms with E-state index in [1.54, 1.807) is 0 Å². The molecule has 0 aromatic carbocycles. The molecule has 0 radical (unpaired) electrons. The van der Waals surface area contributed by atoms with Gasteiger partial charge in [-0.1, -0.05) is 0 Å². The van der Waals surface area contributed by atoms with E-state index in [1.165, 1.54) is 11.5 Å². The fraction of sp³-hybridized carbons (Fsp3) is 0.923. The predicted molar refractivity (Wildman–Crippen MR) is 71.0 cm³/mol. The zero-order chi connectivity index (χ0) is 12.6. The summed E-state index contributed by atoms with van der Waals surface area (Å²) in [4.78, 5) is 11.2. The molecule has 4 nitrogen and oxygen atoms in total. The van der Waals surface area contributed by atoms with E-state index in [4.69, 9.17) is 4.74 Å². The van der Waals surface area contributed by atoms with Crippen LogP contribution in [0.1, 0.15) is 38.5 Å². The lowest BCUT2D eigenvalue weighted by molar-refractivity contribution is -0.142. The Balaban J connectivity index is 1.62. The first-order valence-electron chi connectivity index (χ1n) is 6.87. The zero-order valence-electron chi connectivity index (χ0n) is 10.6. The van der Waals surface area contributed by atoms with Crippen molar-refractivity contribution < 1.29 is 14.6 Å². The second-order valence-corrected chi connectivity index (χ2v) is 7.09. The topological polar surface area (TPSA) is 58.6 Å². The molecular weight excluding hydrogens is 250 g/mol. The second-order valence-electron chi connectivity index (χ2n) is 5.87. The van der Waals surface area contributed by atoms with Gasteiger partial charge in [-0.05, 0) is 50.0 Å². The summed E-state index contributed by atoms with van der Waals surface area (Å²) in [5, 5.41) is 12.6. The molecule has 18 heavy (non-hydrogen) atoms. The van der Waals surface area contributed by atoms with E-state index in [0.29, 0.717) is 6.04 Å². The summed E-state index contributed by atoms with van der Waals surface area (Å²) in [5.41, 5.74) is -0.567. The number of carbonyl (C=O) groups is 1. The molecule has 3 rings (SSSR count). The molecule has 2 aliphatic heterocycles. The Kier molecular flexibility index (Phi) is 3.32. The highest BCUT2D eigenvalue weighted by molar-refractivity contribution is 7.99. The van der Waals surface area contributed by atoms with Crippen LogP contribution >= 0.6 is 11.8 Å². The smallest absolute Gasteiger partial charge is 0.323 e. The Morgan fingerprint density at radius 1 is 1.28 bits per heavy atom. The molecule has 2 heterocycles. The van der Waals surface area contributed by atoms with Crippen molar-refractivity contribution in [3.8, 4) is 0 Å². The zero-order valence-corrected chi connectivity index (χ0v) is 11.4. The molecule has 0 amide bonds. The number of ether oxygens (including phenoxy) is 1. The number of aliphatic carboxylic acids is 1. The molecule has 0 aromatic heterocycles. The quantitative estimate of drug-likeness (QED) is 0.817. The van der Waals surface area contributed by atoms with Gasteiger partial charge in [0.1, 0.15) is 5.54 Å². The van der Waals surface area contributed by atoms with Crippen LogP contribution in [0.5, 0.6) is 0 Å². The van der Waals surface area contributed by atoms with Gasteiger partial charge in [0.15, 0.2) is 0 Å². The Hall–Kier alpha value is -0.260. The van der Waals surface area contributed by atoms with Crippen molar-refractivity contribution in [2.24, 2.45) is 0 Å². The van der Waals surface area contributed by atoms with Gasteiger partial charge in [-0.3, -0.25) is 10.1 Å². The molecule has 1 saturated carbocycles. The van der Waals surface area contributed by atoms with Gasteiger partial charge in [0.2, 0.25) is 0 Å². The fourth-order valence-corrected chi connectivity index (χ4v) is 4.42. The monoisotopic (exact) mass is 271 g/mol. The van der Waals surface area contributed by atoms with Crippen molar-refractivity contribution >= 4 is 17.7 Å². The molecule has 1 unspecified atom stereocenters. The van der Waals surface area contributed by atoms with Crippen LogP contribution in [-0.2, 0) is 9.53 Å². The van der Waals surface area contributed by atoms with Gasteiger partial charge in [-0.2, -0.15) is 11.8 Å². The van der Waals surface area contributed by atoms with Crippen LogP contribution in [0.2, 0.25) is 0 Å². The molecule has 5 heteroatoms. The van der Waals surface area contributed by atoms with Crippen molar-refractivity contribution in [3.05, 3.63) is 0 Å². The van der Waals surface area contributed by atoms with Crippen LogP contribution in [0.4, 0.5) is 0 Å². The number of thioether (sulfide) groups is 1. The third-order valence-electron chi connectivity index (χ3n) is 4.54. The molecule has 102 valence electrons. The third kappa shape index (κ3) is 2.40. The van der Waals surface area contributed by atoms with Gasteiger partial charge in [0.05, 0.1) is 5.60 Å². The van der Waals surface area contributed by atoms with E-state index in [2.05, 4.69) is 5.32 Å². The summed E-state index contributed by atoms with van der Waals surface area (Å²) in [6.07, 6.45) is 5.74. The number of nitrogens with one attached hydrogen (secondary N) is 1. The molecule has 1 aliphatic carbocycles. The van der Waals surface area contributed by atoms with Gasteiger partial charge in [0.25, 0.3) is 0 Å². The molecule has 0 aromatic rings. The van der Waals surface area contributed by atoms with Gasteiger partial charge in [-0.25, -0.2) is 0 Å². The van der Waals surface area contributed by atoms with Crippen LogP contribution in [0, 0.1) is 0 Å². The van der Waals surface area contributed by atoms with Crippen LogP contribution in [0.25, 0.3) is 0 Å². The minimum absolute atomic E-state index is 0.0375. The summed E-state index contributed by atoms with van der Waals surface area (Å²) in [5.74, 6) is 1.68. The van der Waals surface area contributed by atoms with Crippen molar-refractivity contribution in [2.45, 2.75) is 55.7 Å². The van der Waals surface area contributed by atoms with Crippen LogP contribution in [0.3, 0.4) is 0 Å². The van der Waals surface area contributed by atoms with Crippen LogP contribution in [0.15, 0.2) is 0 Å². The summed E-state index contributed by atoms with van der Waals surface area (Å²) in [6, 6.07) is 0.320. The van der Waals surface area contributed by atoms with Crippen molar-refractivity contribution in [3.63, 3.8) is 0 Å². The number of carboxylic acids is 1. The minimum atomic E-state index is -0.678. The predicted octanol–water partition coefficient (Wildman–Crippen LogP) is 1.64. The largest absolute Gasteiger partial charge is 0.480 e. The lowest BCUT2D eigenvalue weighted by atomic mass is 9.85. The average molecular weight is 271 g/mol. The number of hydrogen-bond donors (Lipinski definition) is 2. The number of carboxylic acid groups (broad SMARTS) is 1. The number of hydrogen-bond acceptors (Lipinski definition) is 4. The van der Waals surface area contributed by atoms with Gasteiger partial charge < -0.3 is 9.84 Å². The second kappa shape index (κ2) is 4.69. The Morgan fingerprint density at radius 2 is 2.00 bits per heavy atom. The standard InChI is InChI=1S/C13H21NO3S/c15-11(16)13(2-3-13)14-10-1-6-17-12(9-10)4-7-18-8-5-12/h10,14H,1-9H2,(H,15,16). The maximum Gasteiger partial charge on any atom is 0.323 e. The minimum Gasteiger partial charge on any atom is -0.480 e. The van der Waals surface area contributed by atoms with Crippen LogP contribution < -0.4 is 5.32 Å². The number of rotatable bonds is 3. The highest BCUT2D eigenvalue weighted by Gasteiger charge is 2.52. The molecule has 3 aliphatic rings. The Morgan fingerprint density at radius 3 is 2.61 bits per heavy atom. The van der Waals surface area contributed by atoms with E-state index in [0.717, 1.165) is 45.1 Å². The molecule has 2 saturated heterocycles. The van der Waals surface area contributed by atoms with E-state index in [-0.39, 0.29) is 5.60 Å². The van der Waals surface area contributed by atoms with Crippen LogP contribution in [-0.4, -0.2) is 46.4 Å². The van der Waals surface area contributed by atoms with Crippen molar-refractivity contribution in [1.29, 1.82) is 0 Å². The first-order chi connectivity index (χ1) is 8.64. The Bertz CT molecular complexity index is 332. The molecule has 3 fully saturated rings. The van der Waals surface area contributed by atoms with E-state index >= 15 is 0 Å². The molecule has 2 N–H and O–H groups in total. The summed E-state index contributed by atoms with van der Waals surface area (Å²) in [6.45, 7) is 0.776. The lowest BCUT2D eigenvalue weighted by Gasteiger charge is -2.44. The Labute approximate surface area is 112 Å². The van der Waals surface area contributed by atoms with E-state index in [9.17, 15) is 9.90 Å². The molecule has 1 atom stereocenters. The molecule has 0 bridgehead atoms. The summed E-state index contributed by atoms with van der Waals surface area (Å²) >= 11 is 2.00. The fourth-order valence-electron chi connectivity index (χ4n) is 3.18. The first-order valence-corrected chi connectivity index (χ1v) is 8.03. The lowest BCUT2D eigenvalue weighted by Crippen LogP contribution is -2.53. The molecular formula is C13H21NO3S. The maximum atomic E-state index is 11.2. The third-order valence-corrected chi connectivity index (χ3v) is 5.52. The highest BCUT2D eigenvalue weighted by atomic mass is 32.2. The summed E-state index contributed by atoms with van der Waals surface area (Å²) < 4.78 is 6.03. The van der Waals surface area contributed by atoms with Crippen molar-refractivity contribution in [2.75, 3.05) is 18.1 Å². The summed E-state index contributed by atoms with van der Waals surface area (Å²) in [7, 11) is 0. The first kappa shape index (κ1) is 12.8. The highest BCUT2D eigenvalue weighted by Crippen LogP contribution is 2.41. The molecule has 1 spiro atoms. The van der Waals surface area contributed by atoms with Crippen molar-refractivity contribution in [1.82, 2.24) is 5.32 Å². The van der Waals surface area contributed by atoms with E-state index < -0.39 is 11.5 Å². The van der Waals surface area contributed by atoms with E-state index in [1.807, 2.05) is 11.8 Å². The SMILES string of the molecule is O=C(O)C1(NC2CCOC3(CCSCC3)C2)CC1. The van der Waals surface area contributed by atoms with Gasteiger partial charge in [-0.15, -0.1) is 0 Å². The van der Waals surface area contributed by atoms with Gasteiger partial charge >= 0.3 is 5.97 Å². The average Bonchev–Trinajstić information content (AvgIpc) is 3.11. The normalized spacial score (nSPS) is 33.2. The maximum absolute atomic E-state index is 11.2.